The molecular formula is C14H13N5O4S2. The maximum atomic E-state index is 12.2. The molecule has 0 fully saturated rings. The number of nitrogens with one attached hydrogen (secondary N) is 2. The van der Waals surface area contributed by atoms with Gasteiger partial charge in [-0.15, -0.1) is 0 Å². The van der Waals surface area contributed by atoms with Crippen molar-refractivity contribution in [3.05, 3.63) is 34.9 Å². The van der Waals surface area contributed by atoms with Crippen molar-refractivity contribution in [2.45, 2.75) is 6.92 Å². The maximum absolute atomic E-state index is 12.2. The lowest BCUT2D eigenvalue weighted by molar-refractivity contribution is 0.256. The van der Waals surface area contributed by atoms with Gasteiger partial charge in [0, 0.05) is 16.6 Å². The minimum Gasteiger partial charge on any atom is -0.481 e. The minimum absolute atomic E-state index is 0.113. The Hall–Kier alpha value is -2.84. The number of hydrogen-bond acceptors (Lipinski definition) is 8. The maximum Gasteiger partial charge on any atom is 0.335 e. The van der Waals surface area contributed by atoms with Crippen LogP contribution in [0.4, 0.5) is 10.7 Å². The van der Waals surface area contributed by atoms with Gasteiger partial charge < -0.3 is 4.74 Å². The number of amides is 2. The smallest absolute Gasteiger partial charge is 0.335 e. The average molecular weight is 379 g/mol. The van der Waals surface area contributed by atoms with Gasteiger partial charge in [0.05, 0.1) is 24.0 Å². The van der Waals surface area contributed by atoms with Gasteiger partial charge in [-0.05, 0) is 19.1 Å². The van der Waals surface area contributed by atoms with Gasteiger partial charge in [-0.2, -0.15) is 10.2 Å². The third-order valence-corrected chi connectivity index (χ3v) is 4.69. The average Bonchev–Trinajstić information content (AvgIpc) is 2.53. The van der Waals surface area contributed by atoms with Crippen LogP contribution in [0, 0.1) is 24.2 Å². The molecule has 1 aliphatic carbocycles. The van der Waals surface area contributed by atoms with Crippen LogP contribution in [0.3, 0.4) is 0 Å². The Balaban J connectivity index is 2.12. The van der Waals surface area contributed by atoms with Crippen molar-refractivity contribution < 1.29 is 17.9 Å². The molecule has 1 atom stereocenters. The topological polar surface area (TPSA) is 134 Å². The lowest BCUT2D eigenvalue weighted by Gasteiger charge is -2.13. The van der Waals surface area contributed by atoms with Gasteiger partial charge in [0.25, 0.3) is 10.0 Å². The molecule has 1 heterocycles. The van der Waals surface area contributed by atoms with E-state index < -0.39 is 22.0 Å². The number of nitriles is 1. The number of anilines is 1. The molecular weight excluding hydrogens is 366 g/mol. The molecule has 0 aliphatic heterocycles. The van der Waals surface area contributed by atoms with Crippen LogP contribution in [0.2, 0.25) is 0 Å². The number of allylic oxidation sites excluding steroid dienone is 3. The second-order valence-electron chi connectivity index (χ2n) is 4.85. The number of carbonyl (C=O) groups excluding carboxylic acids is 1. The number of aromatic nitrogens is 2. The number of sulfonamides is 1. The van der Waals surface area contributed by atoms with E-state index in [2.05, 4.69) is 15.3 Å². The van der Waals surface area contributed by atoms with Gasteiger partial charge in [0.15, 0.2) is 0 Å². The van der Waals surface area contributed by atoms with Crippen molar-refractivity contribution in [1.29, 1.82) is 5.26 Å². The van der Waals surface area contributed by atoms with Crippen molar-refractivity contribution in [2.24, 2.45) is 5.92 Å². The molecule has 2 N–H and O–H groups in total. The molecule has 25 heavy (non-hydrogen) atoms. The molecule has 9 nitrogen and oxygen atoms in total. The van der Waals surface area contributed by atoms with E-state index in [0.29, 0.717) is 5.69 Å². The predicted molar refractivity (Wildman–Crippen MR) is 93.3 cm³/mol. The zero-order chi connectivity index (χ0) is 18.6. The van der Waals surface area contributed by atoms with E-state index in [0.717, 1.165) is 6.08 Å². The van der Waals surface area contributed by atoms with Crippen LogP contribution < -0.4 is 14.8 Å². The van der Waals surface area contributed by atoms with Crippen LogP contribution in [-0.4, -0.2) is 36.4 Å². The largest absolute Gasteiger partial charge is 0.481 e. The Kier molecular flexibility index (Phi) is 5.45. The highest BCUT2D eigenvalue weighted by molar-refractivity contribution is 7.94. The highest BCUT2D eigenvalue weighted by Gasteiger charge is 2.24. The Morgan fingerprint density at radius 1 is 1.44 bits per heavy atom. The summed E-state index contributed by atoms with van der Waals surface area (Å²) in [5.74, 6) is -0.565. The first kappa shape index (κ1) is 18.5. The molecule has 0 radical (unpaired) electrons. The number of rotatable bonds is 4. The van der Waals surface area contributed by atoms with Crippen LogP contribution in [-0.2, 0) is 10.0 Å². The molecule has 2 rings (SSSR count). The zero-order valence-electron chi connectivity index (χ0n) is 13.2. The summed E-state index contributed by atoms with van der Waals surface area (Å²) in [5, 5.41) is 11.1. The molecule has 0 aromatic carbocycles. The van der Waals surface area contributed by atoms with Gasteiger partial charge in [0.2, 0.25) is 11.8 Å². The highest BCUT2D eigenvalue weighted by Crippen LogP contribution is 2.18. The van der Waals surface area contributed by atoms with Crippen molar-refractivity contribution in [1.82, 2.24) is 14.7 Å². The molecule has 0 spiro atoms. The van der Waals surface area contributed by atoms with Crippen molar-refractivity contribution in [3.8, 4) is 11.9 Å². The summed E-state index contributed by atoms with van der Waals surface area (Å²) in [4.78, 5) is 19.7. The third kappa shape index (κ3) is 4.59. The summed E-state index contributed by atoms with van der Waals surface area (Å²) < 4.78 is 31.2. The number of urea groups is 1. The van der Waals surface area contributed by atoms with Crippen LogP contribution in [0.5, 0.6) is 5.88 Å². The lowest BCUT2D eigenvalue weighted by atomic mass is 10.0. The van der Waals surface area contributed by atoms with Gasteiger partial charge in [0.1, 0.15) is 0 Å². The molecule has 0 saturated carbocycles. The van der Waals surface area contributed by atoms with E-state index in [1.54, 1.807) is 13.0 Å². The monoisotopic (exact) mass is 379 g/mol. The van der Waals surface area contributed by atoms with E-state index in [9.17, 15) is 13.2 Å². The Morgan fingerprint density at radius 2 is 2.16 bits per heavy atom. The Bertz CT molecular complexity index is 931. The normalized spacial score (nSPS) is 16.6. The number of thiocarbonyl (C=S) groups is 1. The minimum atomic E-state index is -4.16. The Labute approximate surface area is 149 Å². The van der Waals surface area contributed by atoms with E-state index in [1.165, 1.54) is 19.3 Å². The molecule has 0 saturated heterocycles. The van der Waals surface area contributed by atoms with Gasteiger partial charge in [-0.3, -0.25) is 5.32 Å². The number of ether oxygens (including phenoxy) is 1. The second kappa shape index (κ2) is 7.37. The molecule has 0 bridgehead atoms. The van der Waals surface area contributed by atoms with Crippen LogP contribution in [0.25, 0.3) is 0 Å². The number of methoxy groups -OCH3 is 1. The van der Waals surface area contributed by atoms with Crippen LogP contribution >= 0.6 is 12.2 Å². The SMILES string of the molecule is COc1cc(C)nc(NC(=O)NS(=O)(=O)C2=CC(=S)C(C#N)C=C2)n1. The van der Waals surface area contributed by atoms with Crippen molar-refractivity contribution in [3.63, 3.8) is 0 Å². The fourth-order valence-electron chi connectivity index (χ4n) is 1.85. The van der Waals surface area contributed by atoms with Crippen molar-refractivity contribution in [2.75, 3.05) is 12.4 Å². The lowest BCUT2D eigenvalue weighted by Crippen LogP contribution is -2.36. The zero-order valence-corrected chi connectivity index (χ0v) is 14.8. The number of carbonyl (C=O) groups is 1. The summed E-state index contributed by atoms with van der Waals surface area (Å²) in [6, 6.07) is 2.42. The van der Waals surface area contributed by atoms with Gasteiger partial charge in [-0.1, -0.05) is 18.3 Å². The molecule has 130 valence electrons. The molecule has 11 heteroatoms. The van der Waals surface area contributed by atoms with Gasteiger partial charge >= 0.3 is 6.03 Å². The first-order valence-corrected chi connectivity index (χ1v) is 8.71. The third-order valence-electron chi connectivity index (χ3n) is 2.99. The standard InChI is InChI=1S/C14H13N5O4S2/c1-8-5-12(23-2)17-13(16-8)18-14(20)19-25(21,22)10-4-3-9(7-15)11(24)6-10/h3-6,9H,1-2H3,(H2,16,17,18,19,20). The number of hydrogen-bond donors (Lipinski definition) is 2. The summed E-state index contributed by atoms with van der Waals surface area (Å²) in [5.41, 5.74) is 0.524. The summed E-state index contributed by atoms with van der Waals surface area (Å²) in [7, 11) is -2.77. The van der Waals surface area contributed by atoms with E-state index in [4.69, 9.17) is 22.2 Å². The molecule has 1 aliphatic rings. The molecule has 2 amide bonds. The first-order chi connectivity index (χ1) is 11.7. The van der Waals surface area contributed by atoms with E-state index >= 15 is 0 Å². The van der Waals surface area contributed by atoms with E-state index in [1.807, 2.05) is 10.8 Å². The first-order valence-electron chi connectivity index (χ1n) is 6.82. The van der Waals surface area contributed by atoms with E-state index in [-0.39, 0.29) is 21.6 Å². The summed E-state index contributed by atoms with van der Waals surface area (Å²) >= 11 is 4.96. The van der Waals surface area contributed by atoms with Crippen molar-refractivity contribution >= 4 is 39.1 Å². The summed E-state index contributed by atoms with van der Waals surface area (Å²) in [6.07, 6.45) is 3.72. The van der Waals surface area contributed by atoms with Gasteiger partial charge in [-0.25, -0.2) is 22.9 Å². The summed E-state index contributed by atoms with van der Waals surface area (Å²) in [6.45, 7) is 1.66. The molecule has 1 aromatic rings. The fraction of sp³-hybridized carbons (Fsp3) is 0.214. The second-order valence-corrected chi connectivity index (χ2v) is 7.00. The van der Waals surface area contributed by atoms with Crippen LogP contribution in [0.15, 0.2) is 29.2 Å². The van der Waals surface area contributed by atoms with Crippen LogP contribution in [0.1, 0.15) is 5.69 Å². The molecule has 1 aromatic heterocycles. The molecule has 1 unspecified atom stereocenters. The predicted octanol–water partition coefficient (Wildman–Crippen LogP) is 1.21. The number of nitrogens with zero attached hydrogens (tertiary/aromatic N) is 3. The quantitative estimate of drug-likeness (QED) is 0.746. The highest BCUT2D eigenvalue weighted by atomic mass is 32.2. The fourth-order valence-corrected chi connectivity index (χ4v) is 3.13. The number of aryl methyl sites for hydroxylation is 1. The Morgan fingerprint density at radius 3 is 2.76 bits per heavy atom.